The van der Waals surface area contributed by atoms with Gasteiger partial charge in [0.25, 0.3) is 5.91 Å². The van der Waals surface area contributed by atoms with Crippen LogP contribution in [-0.4, -0.2) is 12.5 Å². The zero-order valence-electron chi connectivity index (χ0n) is 12.1. The van der Waals surface area contributed by atoms with Gasteiger partial charge in [-0.3, -0.25) is 4.79 Å². The molecule has 23 heavy (non-hydrogen) atoms. The molecule has 0 aliphatic carbocycles. The maximum Gasteiger partial charge on any atom is 0.262 e. The molecule has 0 aliphatic rings. The van der Waals surface area contributed by atoms with Gasteiger partial charge in [-0.15, -0.1) is 0 Å². The van der Waals surface area contributed by atoms with Crippen molar-refractivity contribution in [2.75, 3.05) is 11.9 Å². The molecule has 0 aromatic heterocycles. The van der Waals surface area contributed by atoms with Crippen molar-refractivity contribution in [3.63, 3.8) is 0 Å². The van der Waals surface area contributed by atoms with Gasteiger partial charge in [-0.25, -0.2) is 8.78 Å². The summed E-state index contributed by atoms with van der Waals surface area (Å²) in [4.78, 5) is 11.7. The second kappa shape index (κ2) is 7.13. The Kier molecular flexibility index (Phi) is 5.20. The fraction of sp³-hybridized carbons (Fsp3) is 0.188. The van der Waals surface area contributed by atoms with Crippen LogP contribution < -0.4 is 10.1 Å². The molecule has 2 aromatic carbocycles. The number of ether oxygens (including phenoxy) is 1. The highest BCUT2D eigenvalue weighted by molar-refractivity contribution is 5.91. The highest BCUT2D eigenvalue weighted by atomic mass is 19.2. The maximum atomic E-state index is 13.4. The van der Waals surface area contributed by atoms with Gasteiger partial charge >= 0.3 is 0 Å². The number of amides is 1. The maximum absolute atomic E-state index is 13.4. The molecular formula is C16H13F4NO2. The summed E-state index contributed by atoms with van der Waals surface area (Å²) in [5.41, 5.74) is 1.53. The van der Waals surface area contributed by atoms with Crippen LogP contribution in [0.5, 0.6) is 5.75 Å². The zero-order valence-corrected chi connectivity index (χ0v) is 12.1. The van der Waals surface area contributed by atoms with Crippen molar-refractivity contribution in [1.29, 1.82) is 0 Å². The van der Waals surface area contributed by atoms with Gasteiger partial charge in [0.1, 0.15) is 0 Å². The van der Waals surface area contributed by atoms with Crippen LogP contribution in [0.3, 0.4) is 0 Å². The average molecular weight is 327 g/mol. The third kappa shape index (κ3) is 4.00. The fourth-order valence-corrected chi connectivity index (χ4v) is 1.84. The first-order valence-electron chi connectivity index (χ1n) is 6.77. The molecule has 0 unspecified atom stereocenters. The predicted octanol–water partition coefficient (Wildman–Crippen LogP) is 3.82. The Morgan fingerprint density at radius 1 is 1.04 bits per heavy atom. The summed E-state index contributed by atoms with van der Waals surface area (Å²) in [7, 11) is 0. The van der Waals surface area contributed by atoms with Gasteiger partial charge in [0.05, 0.1) is 0 Å². The van der Waals surface area contributed by atoms with E-state index >= 15 is 0 Å². The molecule has 0 saturated carbocycles. The fourth-order valence-electron chi connectivity index (χ4n) is 1.84. The van der Waals surface area contributed by atoms with E-state index in [1.165, 1.54) is 0 Å². The Balaban J connectivity index is 2.02. The van der Waals surface area contributed by atoms with Crippen molar-refractivity contribution < 1.29 is 27.1 Å². The van der Waals surface area contributed by atoms with E-state index in [1.54, 1.807) is 24.3 Å². The number of rotatable bonds is 5. The number of hydrogen-bond acceptors (Lipinski definition) is 2. The molecule has 0 fully saturated rings. The van der Waals surface area contributed by atoms with Gasteiger partial charge in [0.15, 0.2) is 24.0 Å². The lowest BCUT2D eigenvalue weighted by Crippen LogP contribution is -2.21. The summed E-state index contributed by atoms with van der Waals surface area (Å²) in [5.74, 6) is -8.58. The third-order valence-corrected chi connectivity index (χ3v) is 3.07. The molecule has 122 valence electrons. The third-order valence-electron chi connectivity index (χ3n) is 3.07. The van der Waals surface area contributed by atoms with E-state index in [0.29, 0.717) is 5.69 Å². The van der Waals surface area contributed by atoms with E-state index in [4.69, 9.17) is 0 Å². The van der Waals surface area contributed by atoms with Crippen LogP contribution >= 0.6 is 0 Å². The molecule has 0 bridgehead atoms. The minimum atomic E-state index is -1.69. The van der Waals surface area contributed by atoms with E-state index < -0.39 is 41.5 Å². The summed E-state index contributed by atoms with van der Waals surface area (Å²) < 4.78 is 57.3. The first-order chi connectivity index (χ1) is 10.9. The molecule has 3 nitrogen and oxygen atoms in total. The van der Waals surface area contributed by atoms with Crippen molar-refractivity contribution in [3.05, 3.63) is 59.2 Å². The molecule has 0 saturated heterocycles. The predicted molar refractivity (Wildman–Crippen MR) is 76.2 cm³/mol. The summed E-state index contributed by atoms with van der Waals surface area (Å²) in [6, 6.07) is 6.97. The lowest BCUT2D eigenvalue weighted by atomic mass is 10.1. The molecule has 0 radical (unpaired) electrons. The van der Waals surface area contributed by atoms with Crippen LogP contribution in [-0.2, 0) is 11.2 Å². The standard InChI is InChI=1S/C16H13F4NO2/c1-2-9-3-5-10(6-4-9)21-13(22)8-23-16-14(19)11(17)7-12(18)15(16)20/h3-7H,2,8H2,1H3,(H,21,22). The number of carbonyl (C=O) groups excluding carboxylic acids is 1. The number of aryl methyl sites for hydroxylation is 1. The first-order valence-corrected chi connectivity index (χ1v) is 6.77. The molecule has 0 heterocycles. The van der Waals surface area contributed by atoms with Crippen LogP contribution in [0.15, 0.2) is 30.3 Å². The molecular weight excluding hydrogens is 314 g/mol. The van der Waals surface area contributed by atoms with Gasteiger partial charge in [-0.1, -0.05) is 19.1 Å². The van der Waals surface area contributed by atoms with E-state index in [-0.39, 0.29) is 6.07 Å². The SMILES string of the molecule is CCc1ccc(NC(=O)COc2c(F)c(F)cc(F)c2F)cc1. The normalized spacial score (nSPS) is 10.5. The highest BCUT2D eigenvalue weighted by Gasteiger charge is 2.21. The number of benzene rings is 2. The Morgan fingerprint density at radius 2 is 1.61 bits per heavy atom. The number of carbonyl (C=O) groups is 1. The van der Waals surface area contributed by atoms with E-state index in [1.807, 2.05) is 6.92 Å². The van der Waals surface area contributed by atoms with E-state index in [2.05, 4.69) is 10.1 Å². The molecule has 1 N–H and O–H groups in total. The Bertz CT molecular complexity index is 691. The highest BCUT2D eigenvalue weighted by Crippen LogP contribution is 2.26. The smallest absolute Gasteiger partial charge is 0.262 e. The van der Waals surface area contributed by atoms with Gasteiger partial charge in [-0.05, 0) is 24.1 Å². The van der Waals surface area contributed by atoms with Crippen molar-refractivity contribution in [1.82, 2.24) is 0 Å². The summed E-state index contributed by atoms with van der Waals surface area (Å²) >= 11 is 0. The summed E-state index contributed by atoms with van der Waals surface area (Å²) in [6.45, 7) is 1.18. The molecule has 2 rings (SSSR count). The van der Waals surface area contributed by atoms with Crippen molar-refractivity contribution in [3.8, 4) is 5.75 Å². The van der Waals surface area contributed by atoms with Crippen molar-refractivity contribution >= 4 is 11.6 Å². The van der Waals surface area contributed by atoms with Crippen molar-refractivity contribution in [2.45, 2.75) is 13.3 Å². The lowest BCUT2D eigenvalue weighted by Gasteiger charge is -2.10. The molecule has 0 aliphatic heterocycles. The van der Waals surface area contributed by atoms with Crippen LogP contribution in [0.1, 0.15) is 12.5 Å². The minimum absolute atomic E-state index is 0.0624. The Hall–Kier alpha value is -2.57. The quantitative estimate of drug-likeness (QED) is 0.670. The van der Waals surface area contributed by atoms with Gasteiger partial charge in [-0.2, -0.15) is 8.78 Å². The summed E-state index contributed by atoms with van der Waals surface area (Å²) in [5, 5.41) is 2.44. The van der Waals surface area contributed by atoms with Crippen LogP contribution in [0.2, 0.25) is 0 Å². The number of nitrogens with one attached hydrogen (secondary N) is 1. The molecule has 0 atom stereocenters. The second-order valence-corrected chi connectivity index (χ2v) is 4.68. The zero-order chi connectivity index (χ0) is 17.0. The first kappa shape index (κ1) is 16.8. The average Bonchev–Trinajstić information content (AvgIpc) is 2.53. The number of halogens is 4. The minimum Gasteiger partial charge on any atom is -0.477 e. The topological polar surface area (TPSA) is 38.3 Å². The number of anilines is 1. The Morgan fingerprint density at radius 3 is 2.13 bits per heavy atom. The van der Waals surface area contributed by atoms with Gasteiger partial charge in [0, 0.05) is 11.8 Å². The van der Waals surface area contributed by atoms with Gasteiger partial charge in [0.2, 0.25) is 11.6 Å². The second-order valence-electron chi connectivity index (χ2n) is 4.68. The largest absolute Gasteiger partial charge is 0.477 e. The van der Waals surface area contributed by atoms with E-state index in [0.717, 1.165) is 12.0 Å². The number of hydrogen-bond donors (Lipinski definition) is 1. The molecule has 1 amide bonds. The van der Waals surface area contributed by atoms with Crippen LogP contribution in [0.25, 0.3) is 0 Å². The van der Waals surface area contributed by atoms with Gasteiger partial charge < -0.3 is 10.1 Å². The lowest BCUT2D eigenvalue weighted by molar-refractivity contribution is -0.118. The molecule has 0 spiro atoms. The van der Waals surface area contributed by atoms with Crippen LogP contribution in [0.4, 0.5) is 23.2 Å². The van der Waals surface area contributed by atoms with E-state index in [9.17, 15) is 22.4 Å². The Labute approximate surface area is 129 Å². The summed E-state index contributed by atoms with van der Waals surface area (Å²) in [6.07, 6.45) is 0.834. The monoisotopic (exact) mass is 327 g/mol. The molecule has 2 aromatic rings. The van der Waals surface area contributed by atoms with Crippen molar-refractivity contribution in [2.24, 2.45) is 0 Å². The van der Waals surface area contributed by atoms with Crippen LogP contribution in [0, 0.1) is 23.3 Å². The molecule has 7 heteroatoms.